The number of nitrogens with zero attached hydrogens (tertiary/aromatic N) is 1. The topological polar surface area (TPSA) is 77.5 Å². The number of allylic oxidation sites excluding steroid dienone is 1. The molecule has 6 nitrogen and oxygen atoms in total. The Morgan fingerprint density at radius 2 is 1.85 bits per heavy atom. The van der Waals surface area contributed by atoms with Gasteiger partial charge < -0.3 is 14.8 Å². The monoisotopic (exact) mass is 444 g/mol. The molecule has 3 aromatic rings. The Morgan fingerprint density at radius 3 is 2.64 bits per heavy atom. The van der Waals surface area contributed by atoms with Crippen molar-refractivity contribution in [2.75, 3.05) is 20.3 Å². The minimum absolute atomic E-state index is 0.165. The van der Waals surface area contributed by atoms with Gasteiger partial charge in [-0.15, -0.1) is 0 Å². The van der Waals surface area contributed by atoms with Gasteiger partial charge in [-0.25, -0.2) is 9.78 Å². The number of carbonyl (C=O) groups is 2. The van der Waals surface area contributed by atoms with Gasteiger partial charge in [0.15, 0.2) is 6.61 Å². The molecule has 1 N–H and O–H groups in total. The molecule has 6 heteroatoms. The normalized spacial score (nSPS) is 15.2. The van der Waals surface area contributed by atoms with Crippen LogP contribution in [0.2, 0.25) is 0 Å². The van der Waals surface area contributed by atoms with E-state index in [1.54, 1.807) is 7.11 Å². The predicted octanol–water partition coefficient (Wildman–Crippen LogP) is 4.42. The number of nitrogens with one attached hydrogen (secondary N) is 1. The molecule has 1 aliphatic rings. The lowest BCUT2D eigenvalue weighted by atomic mass is 9.86. The van der Waals surface area contributed by atoms with Crippen molar-refractivity contribution in [2.45, 2.75) is 32.2 Å². The molecule has 1 aliphatic carbocycles. The Hall–Kier alpha value is -3.51. The molecule has 1 atom stereocenters. The van der Waals surface area contributed by atoms with E-state index in [0.29, 0.717) is 12.2 Å². The number of esters is 1. The van der Waals surface area contributed by atoms with Crippen LogP contribution in [0.5, 0.6) is 0 Å². The molecule has 33 heavy (non-hydrogen) atoms. The summed E-state index contributed by atoms with van der Waals surface area (Å²) in [4.78, 5) is 30.4. The van der Waals surface area contributed by atoms with Crippen molar-refractivity contribution in [3.63, 3.8) is 0 Å². The van der Waals surface area contributed by atoms with Gasteiger partial charge in [-0.1, -0.05) is 48.5 Å². The number of hydrogen-bond donors (Lipinski definition) is 1. The van der Waals surface area contributed by atoms with Crippen molar-refractivity contribution in [3.8, 4) is 0 Å². The largest absolute Gasteiger partial charge is 0.452 e. The van der Waals surface area contributed by atoms with E-state index in [1.807, 2.05) is 49.4 Å². The molecule has 0 radical (unpaired) electrons. The molecule has 1 aromatic heterocycles. The van der Waals surface area contributed by atoms with Gasteiger partial charge in [0.25, 0.3) is 5.91 Å². The number of pyridine rings is 1. The molecule has 1 unspecified atom stereocenters. The summed E-state index contributed by atoms with van der Waals surface area (Å²) in [5.74, 6) is -0.856. The van der Waals surface area contributed by atoms with E-state index < -0.39 is 5.97 Å². The maximum absolute atomic E-state index is 13.2. The zero-order valence-corrected chi connectivity index (χ0v) is 19.0. The number of fused-ring (bicyclic) bond motifs is 2. The van der Waals surface area contributed by atoms with E-state index in [-0.39, 0.29) is 18.6 Å². The van der Waals surface area contributed by atoms with Crippen molar-refractivity contribution in [1.29, 1.82) is 0 Å². The Balaban J connectivity index is 1.67. The second kappa shape index (κ2) is 10.4. The fraction of sp³-hybridized carbons (Fsp3) is 0.296. The second-order valence-electron chi connectivity index (χ2n) is 8.26. The van der Waals surface area contributed by atoms with Gasteiger partial charge in [-0.2, -0.15) is 0 Å². The average molecular weight is 445 g/mol. The lowest BCUT2D eigenvalue weighted by Crippen LogP contribution is -2.38. The average Bonchev–Trinajstić information content (AvgIpc) is 2.82. The SMILES string of the molecule is COCC(C)NC(=O)COC(=O)c1c2c(nc3ccccc13)C(=Cc1ccccc1)CCC2. The van der Waals surface area contributed by atoms with Gasteiger partial charge in [0.05, 0.1) is 23.4 Å². The first-order valence-electron chi connectivity index (χ1n) is 11.2. The number of methoxy groups -OCH3 is 1. The van der Waals surface area contributed by atoms with Crippen LogP contribution in [-0.4, -0.2) is 43.2 Å². The lowest BCUT2D eigenvalue weighted by Gasteiger charge is -2.22. The van der Waals surface area contributed by atoms with Crippen LogP contribution in [0.4, 0.5) is 0 Å². The first-order valence-corrected chi connectivity index (χ1v) is 11.2. The molecule has 2 aromatic carbocycles. The molecule has 4 rings (SSSR count). The fourth-order valence-electron chi connectivity index (χ4n) is 4.27. The van der Waals surface area contributed by atoms with Crippen molar-refractivity contribution < 1.29 is 19.1 Å². The van der Waals surface area contributed by atoms with Crippen LogP contribution in [0.3, 0.4) is 0 Å². The maximum atomic E-state index is 13.2. The summed E-state index contributed by atoms with van der Waals surface area (Å²) < 4.78 is 10.5. The van der Waals surface area contributed by atoms with E-state index in [0.717, 1.165) is 52.6 Å². The highest BCUT2D eigenvalue weighted by atomic mass is 16.5. The minimum atomic E-state index is -0.500. The van der Waals surface area contributed by atoms with Gasteiger partial charge in [0.1, 0.15) is 0 Å². The standard InChI is InChI=1S/C27H28N2O4/c1-18(16-32-2)28-24(30)17-33-27(31)25-21-12-6-7-14-23(21)29-26-20(11-8-13-22(25)26)15-19-9-4-3-5-10-19/h3-7,9-10,12,14-15,18H,8,11,13,16-17H2,1-2H3,(H,28,30). The van der Waals surface area contributed by atoms with Crippen molar-refractivity contribution >= 4 is 34.4 Å². The molecular weight excluding hydrogens is 416 g/mol. The first kappa shape index (κ1) is 22.7. The molecule has 1 heterocycles. The summed E-state index contributed by atoms with van der Waals surface area (Å²) in [7, 11) is 1.57. The fourth-order valence-corrected chi connectivity index (χ4v) is 4.27. The number of carbonyl (C=O) groups excluding carboxylic acids is 2. The Labute approximate surface area is 193 Å². The molecule has 0 spiro atoms. The highest BCUT2D eigenvalue weighted by Crippen LogP contribution is 2.36. The quantitative estimate of drug-likeness (QED) is 0.546. The van der Waals surface area contributed by atoms with E-state index in [1.165, 1.54) is 0 Å². The summed E-state index contributed by atoms with van der Waals surface area (Å²) in [6.45, 7) is 1.88. The molecule has 170 valence electrons. The second-order valence-corrected chi connectivity index (χ2v) is 8.26. The molecule has 0 saturated heterocycles. The van der Waals surface area contributed by atoms with Crippen molar-refractivity contribution in [3.05, 3.63) is 77.0 Å². The van der Waals surface area contributed by atoms with Gasteiger partial charge in [0, 0.05) is 18.5 Å². The number of benzene rings is 2. The van der Waals surface area contributed by atoms with E-state index >= 15 is 0 Å². The number of rotatable bonds is 7. The number of hydrogen-bond acceptors (Lipinski definition) is 5. The Bertz CT molecular complexity index is 1190. The van der Waals surface area contributed by atoms with Crippen LogP contribution in [0.1, 0.15) is 46.9 Å². The number of para-hydroxylation sites is 1. The smallest absolute Gasteiger partial charge is 0.339 e. The molecule has 1 amide bonds. The van der Waals surface area contributed by atoms with E-state index in [9.17, 15) is 9.59 Å². The maximum Gasteiger partial charge on any atom is 0.339 e. The van der Waals surface area contributed by atoms with Gasteiger partial charge in [0.2, 0.25) is 0 Å². The Kier molecular flexibility index (Phi) is 7.15. The van der Waals surface area contributed by atoms with E-state index in [4.69, 9.17) is 14.5 Å². The third kappa shape index (κ3) is 5.29. The summed E-state index contributed by atoms with van der Waals surface area (Å²) in [6.07, 6.45) is 4.68. The molecule has 0 fully saturated rings. The van der Waals surface area contributed by atoms with Crippen molar-refractivity contribution in [2.24, 2.45) is 0 Å². The summed E-state index contributed by atoms with van der Waals surface area (Å²) >= 11 is 0. The van der Waals surface area contributed by atoms with Crippen LogP contribution < -0.4 is 5.32 Å². The third-order valence-electron chi connectivity index (χ3n) is 5.67. The number of amides is 1. The third-order valence-corrected chi connectivity index (χ3v) is 5.67. The zero-order chi connectivity index (χ0) is 23.2. The molecule has 0 aliphatic heterocycles. The number of aromatic nitrogens is 1. The summed E-state index contributed by atoms with van der Waals surface area (Å²) in [5.41, 5.74) is 5.18. The highest BCUT2D eigenvalue weighted by Gasteiger charge is 2.26. The van der Waals surface area contributed by atoms with Crippen LogP contribution in [0, 0.1) is 0 Å². The van der Waals surface area contributed by atoms with Crippen LogP contribution >= 0.6 is 0 Å². The summed E-state index contributed by atoms with van der Waals surface area (Å²) in [6, 6.07) is 17.5. The van der Waals surface area contributed by atoms with Crippen LogP contribution in [-0.2, 0) is 20.7 Å². The minimum Gasteiger partial charge on any atom is -0.452 e. The van der Waals surface area contributed by atoms with E-state index in [2.05, 4.69) is 23.5 Å². The van der Waals surface area contributed by atoms with Gasteiger partial charge in [-0.3, -0.25) is 4.79 Å². The summed E-state index contributed by atoms with van der Waals surface area (Å²) in [5, 5.41) is 3.50. The van der Waals surface area contributed by atoms with Crippen molar-refractivity contribution in [1.82, 2.24) is 10.3 Å². The predicted molar refractivity (Wildman–Crippen MR) is 129 cm³/mol. The molecular formula is C27H28N2O4. The zero-order valence-electron chi connectivity index (χ0n) is 19.0. The highest BCUT2D eigenvalue weighted by molar-refractivity contribution is 6.07. The first-order chi connectivity index (χ1) is 16.1. The van der Waals surface area contributed by atoms with Crippen LogP contribution in [0.15, 0.2) is 54.6 Å². The van der Waals surface area contributed by atoms with Gasteiger partial charge >= 0.3 is 5.97 Å². The van der Waals surface area contributed by atoms with Crippen LogP contribution in [0.25, 0.3) is 22.6 Å². The number of ether oxygens (including phenoxy) is 2. The van der Waals surface area contributed by atoms with Gasteiger partial charge in [-0.05, 0) is 55.0 Å². The molecule has 0 bridgehead atoms. The lowest BCUT2D eigenvalue weighted by molar-refractivity contribution is -0.125. The molecule has 0 saturated carbocycles. The Morgan fingerprint density at radius 1 is 1.09 bits per heavy atom.